The van der Waals surface area contributed by atoms with E-state index in [4.69, 9.17) is 5.73 Å². The molecule has 0 bridgehead atoms. The fourth-order valence-electron chi connectivity index (χ4n) is 1.80. The Morgan fingerprint density at radius 1 is 1.38 bits per heavy atom. The summed E-state index contributed by atoms with van der Waals surface area (Å²) in [7, 11) is 0. The van der Waals surface area contributed by atoms with Crippen molar-refractivity contribution in [2.75, 3.05) is 0 Å². The van der Waals surface area contributed by atoms with Crippen molar-refractivity contribution in [3.05, 3.63) is 34.1 Å². The van der Waals surface area contributed by atoms with E-state index in [-0.39, 0.29) is 11.9 Å². The third-order valence-electron chi connectivity index (χ3n) is 2.69. The molecule has 0 aliphatic heterocycles. The molecule has 0 heterocycles. The highest BCUT2D eigenvalue weighted by atomic mass is 79.9. The van der Waals surface area contributed by atoms with Gasteiger partial charge >= 0.3 is 0 Å². The second kappa shape index (κ2) is 7.02. The predicted octanol–water partition coefficient (Wildman–Crippen LogP) is 4.04. The smallest absolute Gasteiger partial charge is 0.123 e. The zero-order chi connectivity index (χ0) is 12.0. The van der Waals surface area contributed by atoms with Crippen LogP contribution in [0.25, 0.3) is 0 Å². The van der Waals surface area contributed by atoms with Crippen LogP contribution in [0, 0.1) is 5.82 Å². The first-order chi connectivity index (χ1) is 7.63. The normalized spacial score (nSPS) is 12.8. The molecule has 1 nitrogen and oxygen atoms in total. The summed E-state index contributed by atoms with van der Waals surface area (Å²) in [5.74, 6) is -0.170. The lowest BCUT2D eigenvalue weighted by atomic mass is 10.0. The highest BCUT2D eigenvalue weighted by Gasteiger charge is 2.04. The van der Waals surface area contributed by atoms with Gasteiger partial charge < -0.3 is 5.73 Å². The second-order valence-corrected chi connectivity index (χ2v) is 5.03. The number of hydrogen-bond acceptors (Lipinski definition) is 1. The summed E-state index contributed by atoms with van der Waals surface area (Å²) in [4.78, 5) is 0. The lowest BCUT2D eigenvalue weighted by Gasteiger charge is -2.10. The van der Waals surface area contributed by atoms with Crippen LogP contribution in [0.3, 0.4) is 0 Å². The molecular weight excluding hydrogens is 269 g/mol. The summed E-state index contributed by atoms with van der Waals surface area (Å²) < 4.78 is 14.0. The first-order valence-electron chi connectivity index (χ1n) is 5.83. The maximum absolute atomic E-state index is 13.0. The van der Waals surface area contributed by atoms with Gasteiger partial charge in [0.25, 0.3) is 0 Å². The molecule has 0 saturated heterocycles. The average Bonchev–Trinajstić information content (AvgIpc) is 2.23. The Balaban J connectivity index is 2.39. The van der Waals surface area contributed by atoms with Crippen LogP contribution in [0.5, 0.6) is 0 Å². The zero-order valence-corrected chi connectivity index (χ0v) is 11.3. The van der Waals surface area contributed by atoms with Crippen molar-refractivity contribution < 1.29 is 4.39 Å². The molecule has 1 unspecified atom stereocenters. The molecule has 1 atom stereocenters. The maximum atomic E-state index is 13.0. The maximum Gasteiger partial charge on any atom is 0.123 e. The SMILES string of the molecule is CCCC(N)CCCc1cc(F)ccc1Br. The van der Waals surface area contributed by atoms with Gasteiger partial charge in [0, 0.05) is 10.5 Å². The molecule has 0 radical (unpaired) electrons. The second-order valence-electron chi connectivity index (χ2n) is 4.18. The molecule has 0 aromatic heterocycles. The summed E-state index contributed by atoms with van der Waals surface area (Å²) in [5, 5.41) is 0. The Kier molecular flexibility index (Phi) is 5.99. The fraction of sp³-hybridized carbons (Fsp3) is 0.538. The van der Waals surface area contributed by atoms with E-state index in [1.54, 1.807) is 12.1 Å². The van der Waals surface area contributed by atoms with E-state index in [1.807, 2.05) is 0 Å². The monoisotopic (exact) mass is 287 g/mol. The Morgan fingerprint density at radius 3 is 2.81 bits per heavy atom. The third kappa shape index (κ3) is 4.62. The third-order valence-corrected chi connectivity index (χ3v) is 3.46. The van der Waals surface area contributed by atoms with Gasteiger partial charge in [-0.05, 0) is 49.4 Å². The summed E-state index contributed by atoms with van der Waals surface area (Å²) in [6.07, 6.45) is 5.12. The van der Waals surface area contributed by atoms with Gasteiger partial charge in [-0.15, -0.1) is 0 Å². The van der Waals surface area contributed by atoms with Gasteiger partial charge in [0.15, 0.2) is 0 Å². The Hall–Kier alpha value is -0.410. The number of rotatable bonds is 6. The molecule has 0 saturated carbocycles. The number of aryl methyl sites for hydroxylation is 1. The van der Waals surface area contributed by atoms with E-state index >= 15 is 0 Å². The van der Waals surface area contributed by atoms with Crippen molar-refractivity contribution >= 4 is 15.9 Å². The minimum Gasteiger partial charge on any atom is -0.328 e. The summed E-state index contributed by atoms with van der Waals surface area (Å²) in [6.45, 7) is 2.14. The lowest BCUT2D eigenvalue weighted by molar-refractivity contribution is 0.538. The van der Waals surface area contributed by atoms with E-state index in [0.29, 0.717) is 0 Å². The molecule has 90 valence electrons. The number of nitrogens with two attached hydrogens (primary N) is 1. The van der Waals surface area contributed by atoms with Crippen molar-refractivity contribution in [1.29, 1.82) is 0 Å². The van der Waals surface area contributed by atoms with Gasteiger partial charge in [-0.2, -0.15) is 0 Å². The molecule has 1 rings (SSSR count). The summed E-state index contributed by atoms with van der Waals surface area (Å²) in [5.41, 5.74) is 6.96. The van der Waals surface area contributed by atoms with Gasteiger partial charge in [0.2, 0.25) is 0 Å². The highest BCUT2D eigenvalue weighted by Crippen LogP contribution is 2.20. The number of benzene rings is 1. The number of hydrogen-bond donors (Lipinski definition) is 1. The van der Waals surface area contributed by atoms with E-state index < -0.39 is 0 Å². The first kappa shape index (κ1) is 13.7. The van der Waals surface area contributed by atoms with Crippen molar-refractivity contribution in [3.63, 3.8) is 0 Å². The molecule has 16 heavy (non-hydrogen) atoms. The van der Waals surface area contributed by atoms with Crippen LogP contribution < -0.4 is 5.73 Å². The van der Waals surface area contributed by atoms with Gasteiger partial charge in [-0.1, -0.05) is 29.3 Å². The van der Waals surface area contributed by atoms with Crippen LogP contribution in [0.15, 0.2) is 22.7 Å². The largest absolute Gasteiger partial charge is 0.328 e. The Labute approximate surface area is 105 Å². The molecule has 2 N–H and O–H groups in total. The number of halogens is 2. The average molecular weight is 288 g/mol. The van der Waals surface area contributed by atoms with E-state index in [0.717, 1.165) is 42.1 Å². The summed E-state index contributed by atoms with van der Waals surface area (Å²) >= 11 is 3.43. The highest BCUT2D eigenvalue weighted by molar-refractivity contribution is 9.10. The molecule has 3 heteroatoms. The van der Waals surface area contributed by atoms with Gasteiger partial charge in [-0.3, -0.25) is 0 Å². The van der Waals surface area contributed by atoms with Crippen LogP contribution in [0.1, 0.15) is 38.2 Å². The standard InChI is InChI=1S/C13H19BrFN/c1-2-4-12(16)6-3-5-10-9-11(15)7-8-13(10)14/h7-9,12H,2-6,16H2,1H3. The molecule has 1 aromatic carbocycles. The first-order valence-corrected chi connectivity index (χ1v) is 6.62. The lowest BCUT2D eigenvalue weighted by Crippen LogP contribution is -2.19. The molecule has 0 fully saturated rings. The van der Waals surface area contributed by atoms with E-state index in [2.05, 4.69) is 22.9 Å². The van der Waals surface area contributed by atoms with Crippen LogP contribution >= 0.6 is 15.9 Å². The topological polar surface area (TPSA) is 26.0 Å². The predicted molar refractivity (Wildman–Crippen MR) is 69.9 cm³/mol. The fourth-order valence-corrected chi connectivity index (χ4v) is 2.25. The molecular formula is C13H19BrFN. The zero-order valence-electron chi connectivity index (χ0n) is 9.68. The minimum absolute atomic E-state index is 0.170. The van der Waals surface area contributed by atoms with Crippen LogP contribution in [0.4, 0.5) is 4.39 Å². The Morgan fingerprint density at radius 2 is 2.12 bits per heavy atom. The molecule has 0 amide bonds. The van der Waals surface area contributed by atoms with Crippen LogP contribution in [-0.2, 0) is 6.42 Å². The van der Waals surface area contributed by atoms with Crippen molar-refractivity contribution in [2.24, 2.45) is 5.73 Å². The van der Waals surface area contributed by atoms with Crippen molar-refractivity contribution in [1.82, 2.24) is 0 Å². The van der Waals surface area contributed by atoms with Gasteiger partial charge in [0.1, 0.15) is 5.82 Å². The van der Waals surface area contributed by atoms with E-state index in [1.165, 1.54) is 6.07 Å². The van der Waals surface area contributed by atoms with Crippen molar-refractivity contribution in [2.45, 2.75) is 45.1 Å². The molecule has 1 aromatic rings. The summed E-state index contributed by atoms with van der Waals surface area (Å²) in [6, 6.07) is 5.11. The molecule has 0 aliphatic carbocycles. The molecule has 0 aliphatic rings. The van der Waals surface area contributed by atoms with E-state index in [9.17, 15) is 4.39 Å². The van der Waals surface area contributed by atoms with Gasteiger partial charge in [0.05, 0.1) is 0 Å². The quantitative estimate of drug-likeness (QED) is 0.840. The minimum atomic E-state index is -0.170. The van der Waals surface area contributed by atoms with Crippen molar-refractivity contribution in [3.8, 4) is 0 Å². The van der Waals surface area contributed by atoms with Crippen LogP contribution in [-0.4, -0.2) is 6.04 Å². The molecule has 0 spiro atoms. The Bertz CT molecular complexity index is 328. The van der Waals surface area contributed by atoms with Gasteiger partial charge in [-0.25, -0.2) is 4.39 Å². The van der Waals surface area contributed by atoms with Crippen LogP contribution in [0.2, 0.25) is 0 Å².